The summed E-state index contributed by atoms with van der Waals surface area (Å²) >= 11 is 0. The van der Waals surface area contributed by atoms with E-state index >= 15 is 0 Å². The molecular weight excluding hydrogens is 540 g/mol. The molecule has 2 aliphatic rings. The normalized spacial score (nSPS) is 14.6. The predicted octanol–water partition coefficient (Wildman–Crippen LogP) is 12.4. The Morgan fingerprint density at radius 1 is 0.533 bits per heavy atom. The van der Waals surface area contributed by atoms with Crippen LogP contribution in [0.25, 0.3) is 70.9 Å². The highest BCUT2D eigenvalue weighted by atomic mass is 14.2. The smallest absolute Gasteiger partial charge is 0.0357 e. The van der Waals surface area contributed by atoms with Crippen molar-refractivity contribution in [1.29, 1.82) is 0 Å². The van der Waals surface area contributed by atoms with E-state index in [-0.39, 0.29) is 0 Å². The summed E-state index contributed by atoms with van der Waals surface area (Å²) in [4.78, 5) is 0. The van der Waals surface area contributed by atoms with Gasteiger partial charge in [-0.05, 0) is 134 Å². The van der Waals surface area contributed by atoms with Crippen LogP contribution in [0.15, 0.2) is 139 Å². The van der Waals surface area contributed by atoms with Gasteiger partial charge in [-0.3, -0.25) is 0 Å². The molecule has 2 aliphatic carbocycles. The van der Waals surface area contributed by atoms with E-state index < -0.39 is 0 Å². The quantitative estimate of drug-likeness (QED) is 0.198. The number of rotatable bonds is 3. The average molecular weight is 573 g/mol. The standard InChI is InChI=1S/C45H32/c1-29-8-6-15-42-40(29)23-22-39-28-44(41-13-4-5-14-43(41)45(39)42)38-21-20-36-26-35(18-19-37(36)27-38)33-12-7-11-32(25-33)34-17-16-30-9-2-3-10-31(30)24-34/h4-15,18-21,24-28H,2-3,16-17H2,1H3. The van der Waals surface area contributed by atoms with Gasteiger partial charge in [0.2, 0.25) is 0 Å². The van der Waals surface area contributed by atoms with E-state index in [4.69, 9.17) is 0 Å². The minimum absolute atomic E-state index is 1.11. The SMILES string of the molecule is Cc1cccc2c1c#cc1cc(-c3ccc4cc(-c5cccc(C6=CC7=CCCC=C7CC6)c5)ccc4c3)c3ccccc3c12. The second-order valence-electron chi connectivity index (χ2n) is 12.6. The van der Waals surface area contributed by atoms with E-state index in [1.807, 2.05) is 0 Å². The largest absolute Gasteiger partial charge is 0.0804 e. The van der Waals surface area contributed by atoms with Crippen LogP contribution in [0, 0.1) is 19.1 Å². The van der Waals surface area contributed by atoms with Gasteiger partial charge in [-0.15, -0.1) is 0 Å². The number of fused-ring (bicyclic) bond motifs is 7. The Bertz CT molecular complexity index is 2430. The molecule has 0 N–H and O–H groups in total. The predicted molar refractivity (Wildman–Crippen MR) is 192 cm³/mol. The molecular formula is C45H32. The number of aryl methyl sites for hydroxylation is 1. The van der Waals surface area contributed by atoms with Crippen molar-refractivity contribution < 1.29 is 0 Å². The molecule has 0 radical (unpaired) electrons. The summed E-state index contributed by atoms with van der Waals surface area (Å²) in [6, 6.07) is 47.5. The molecule has 7 aromatic rings. The number of hydrogen-bond donors (Lipinski definition) is 0. The average Bonchev–Trinajstić information content (AvgIpc) is 3.10. The van der Waals surface area contributed by atoms with Crippen LogP contribution >= 0.6 is 0 Å². The molecule has 0 unspecified atom stereocenters. The molecule has 0 saturated heterocycles. The maximum absolute atomic E-state index is 3.51. The molecule has 0 atom stereocenters. The molecule has 0 heterocycles. The van der Waals surface area contributed by atoms with Crippen molar-refractivity contribution in [3.8, 4) is 22.3 Å². The van der Waals surface area contributed by atoms with Gasteiger partial charge in [0.1, 0.15) is 0 Å². The maximum Gasteiger partial charge on any atom is 0.0357 e. The van der Waals surface area contributed by atoms with Gasteiger partial charge in [-0.1, -0.05) is 115 Å². The van der Waals surface area contributed by atoms with Crippen LogP contribution in [0.3, 0.4) is 0 Å². The zero-order valence-corrected chi connectivity index (χ0v) is 25.5. The van der Waals surface area contributed by atoms with Crippen molar-refractivity contribution in [2.45, 2.75) is 32.6 Å². The van der Waals surface area contributed by atoms with Crippen LogP contribution in [0.2, 0.25) is 0 Å². The Hall–Kier alpha value is -5.38. The van der Waals surface area contributed by atoms with Gasteiger partial charge in [-0.2, -0.15) is 0 Å². The first-order chi connectivity index (χ1) is 22.2. The fourth-order valence-electron chi connectivity index (χ4n) is 7.57. The molecule has 0 aliphatic heterocycles. The highest BCUT2D eigenvalue weighted by molar-refractivity contribution is 6.23. The molecule has 212 valence electrons. The molecule has 0 spiro atoms. The van der Waals surface area contributed by atoms with Gasteiger partial charge in [-0.25, -0.2) is 0 Å². The first-order valence-corrected chi connectivity index (χ1v) is 16.1. The third kappa shape index (κ3) is 4.39. The molecule has 0 fully saturated rings. The van der Waals surface area contributed by atoms with Gasteiger partial charge < -0.3 is 0 Å². The van der Waals surface area contributed by atoms with E-state index in [1.54, 1.807) is 0 Å². The lowest BCUT2D eigenvalue weighted by molar-refractivity contribution is 0.914. The Balaban J connectivity index is 1.11. The van der Waals surface area contributed by atoms with Gasteiger partial charge in [0.25, 0.3) is 0 Å². The summed E-state index contributed by atoms with van der Waals surface area (Å²) in [5, 5.41) is 9.80. The first kappa shape index (κ1) is 26.1. The summed E-state index contributed by atoms with van der Waals surface area (Å²) in [6.07, 6.45) is 11.9. The van der Waals surface area contributed by atoms with Gasteiger partial charge >= 0.3 is 0 Å². The lowest BCUT2D eigenvalue weighted by Crippen LogP contribution is -2.01. The number of allylic oxidation sites excluding steroid dienone is 6. The Kier molecular flexibility index (Phi) is 6.00. The molecule has 0 heteroatoms. The van der Waals surface area contributed by atoms with Crippen molar-refractivity contribution in [2.75, 3.05) is 0 Å². The van der Waals surface area contributed by atoms with Crippen LogP contribution in [-0.2, 0) is 0 Å². The lowest BCUT2D eigenvalue weighted by Gasteiger charge is -2.22. The zero-order valence-electron chi connectivity index (χ0n) is 25.5. The minimum atomic E-state index is 1.11. The Morgan fingerprint density at radius 3 is 2.16 bits per heavy atom. The highest BCUT2D eigenvalue weighted by Crippen LogP contribution is 2.40. The van der Waals surface area contributed by atoms with Crippen LogP contribution < -0.4 is 0 Å². The van der Waals surface area contributed by atoms with Crippen LogP contribution in [-0.4, -0.2) is 0 Å². The number of benzene rings is 6. The van der Waals surface area contributed by atoms with E-state index in [0.29, 0.717) is 0 Å². The van der Waals surface area contributed by atoms with E-state index in [1.165, 1.54) is 88.8 Å². The molecule has 7 aromatic carbocycles. The molecule has 0 bridgehead atoms. The summed E-state index contributed by atoms with van der Waals surface area (Å²) < 4.78 is 0. The Morgan fingerprint density at radius 2 is 1.24 bits per heavy atom. The van der Waals surface area contributed by atoms with E-state index in [2.05, 4.69) is 146 Å². The van der Waals surface area contributed by atoms with Crippen molar-refractivity contribution in [1.82, 2.24) is 0 Å². The van der Waals surface area contributed by atoms with Gasteiger partial charge in [0.15, 0.2) is 0 Å². The van der Waals surface area contributed by atoms with Gasteiger partial charge in [0, 0.05) is 16.2 Å². The third-order valence-electron chi connectivity index (χ3n) is 9.91. The summed E-state index contributed by atoms with van der Waals surface area (Å²) in [6.45, 7) is 2.15. The first-order valence-electron chi connectivity index (χ1n) is 16.1. The molecule has 0 aromatic heterocycles. The monoisotopic (exact) mass is 572 g/mol. The molecule has 0 amide bonds. The molecule has 0 saturated carbocycles. The van der Waals surface area contributed by atoms with Crippen LogP contribution in [0.4, 0.5) is 0 Å². The molecule has 45 heavy (non-hydrogen) atoms. The summed E-state index contributed by atoms with van der Waals surface area (Å²) in [5.74, 6) is 0. The van der Waals surface area contributed by atoms with Gasteiger partial charge in [0.05, 0.1) is 0 Å². The van der Waals surface area contributed by atoms with Crippen molar-refractivity contribution >= 4 is 48.7 Å². The summed E-state index contributed by atoms with van der Waals surface area (Å²) in [7, 11) is 0. The van der Waals surface area contributed by atoms with Crippen molar-refractivity contribution in [2.24, 2.45) is 0 Å². The fraction of sp³-hybridized carbons (Fsp3) is 0.111. The second kappa shape index (κ2) is 10.4. The number of hydrogen-bond acceptors (Lipinski definition) is 0. The van der Waals surface area contributed by atoms with Crippen LogP contribution in [0.1, 0.15) is 36.8 Å². The lowest BCUT2D eigenvalue weighted by atomic mass is 9.83. The topological polar surface area (TPSA) is 0 Å². The van der Waals surface area contributed by atoms with Crippen molar-refractivity contribution in [3.63, 3.8) is 0 Å². The fourth-order valence-corrected chi connectivity index (χ4v) is 7.57. The van der Waals surface area contributed by atoms with E-state index in [9.17, 15) is 0 Å². The molecule has 0 nitrogen and oxygen atoms in total. The van der Waals surface area contributed by atoms with Crippen molar-refractivity contribution in [3.05, 3.63) is 162 Å². The van der Waals surface area contributed by atoms with Crippen LogP contribution in [0.5, 0.6) is 0 Å². The minimum Gasteiger partial charge on any atom is -0.0804 e. The summed E-state index contributed by atoms with van der Waals surface area (Å²) in [5.41, 5.74) is 12.0. The van der Waals surface area contributed by atoms with E-state index in [0.717, 1.165) is 30.0 Å². The zero-order chi connectivity index (χ0) is 29.9. The Labute approximate surface area is 264 Å². The second-order valence-corrected chi connectivity index (χ2v) is 12.6. The maximum atomic E-state index is 3.51. The highest BCUT2D eigenvalue weighted by Gasteiger charge is 2.16. The third-order valence-corrected chi connectivity index (χ3v) is 9.91. The molecule has 9 rings (SSSR count).